The fourth-order valence-corrected chi connectivity index (χ4v) is 1.88. The molecule has 0 radical (unpaired) electrons. The lowest BCUT2D eigenvalue weighted by Crippen LogP contribution is -2.27. The first kappa shape index (κ1) is 19.8. The lowest BCUT2D eigenvalue weighted by molar-refractivity contribution is -0.274. The molecule has 2 aromatic carbocycles. The molecule has 0 unspecified atom stereocenters. The monoisotopic (exact) mass is 388 g/mol. The van der Waals surface area contributed by atoms with Gasteiger partial charge in [-0.2, -0.15) is 5.10 Å². The fourth-order valence-electron chi connectivity index (χ4n) is 1.88. The number of hydrazone groups is 1. The van der Waals surface area contributed by atoms with Crippen LogP contribution in [0.1, 0.15) is 10.4 Å². The minimum absolute atomic E-state index is 0.00919. The summed E-state index contributed by atoms with van der Waals surface area (Å²) in [7, 11) is 0. The van der Waals surface area contributed by atoms with E-state index >= 15 is 0 Å². The normalized spacial score (nSPS) is 11.8. The van der Waals surface area contributed by atoms with Crippen LogP contribution in [0, 0.1) is 11.6 Å². The summed E-state index contributed by atoms with van der Waals surface area (Å²) >= 11 is 0. The molecule has 2 N–H and O–H groups in total. The molecular weight excluding hydrogens is 379 g/mol. The van der Waals surface area contributed by atoms with Crippen LogP contribution in [0.3, 0.4) is 0 Å². The summed E-state index contributed by atoms with van der Waals surface area (Å²) in [5, 5.41) is 12.3. The standard InChI is InChI=1S/C16H9F5N2O4/c17-10-2-1-3-11(18)12(10)14(24)13(15(25)26)23-22-8-4-6-9(7-5-8)27-16(19,20)21/h1-7,22H,(H,25,26). The number of carbonyl (C=O) groups excluding carboxylic acids is 1. The van der Waals surface area contributed by atoms with E-state index in [1.54, 1.807) is 0 Å². The first-order valence-corrected chi connectivity index (χ1v) is 7.00. The number of anilines is 1. The number of nitrogens with one attached hydrogen (secondary N) is 1. The number of halogens is 5. The molecule has 0 aliphatic carbocycles. The second-order valence-electron chi connectivity index (χ2n) is 4.88. The zero-order valence-corrected chi connectivity index (χ0v) is 13.1. The third kappa shape index (κ3) is 5.23. The highest BCUT2D eigenvalue weighted by molar-refractivity contribution is 6.67. The molecule has 2 rings (SSSR count). The first-order valence-electron chi connectivity index (χ1n) is 7.00. The van der Waals surface area contributed by atoms with Gasteiger partial charge in [0.1, 0.15) is 17.4 Å². The van der Waals surface area contributed by atoms with Crippen LogP contribution in [0.4, 0.5) is 27.6 Å². The van der Waals surface area contributed by atoms with Crippen molar-refractivity contribution < 1.29 is 41.4 Å². The number of alkyl halides is 3. The smallest absolute Gasteiger partial charge is 0.476 e. The SMILES string of the molecule is O=C(O)C(=NNc1ccc(OC(F)(F)F)cc1)C(=O)c1c(F)cccc1F. The number of rotatable bonds is 6. The third-order valence-electron chi connectivity index (χ3n) is 2.99. The van der Waals surface area contributed by atoms with E-state index in [-0.39, 0.29) is 5.69 Å². The predicted molar refractivity (Wildman–Crippen MR) is 82.5 cm³/mol. The van der Waals surface area contributed by atoms with Crippen molar-refractivity contribution in [3.05, 3.63) is 59.7 Å². The Balaban J connectivity index is 2.23. The number of carboxylic acids is 1. The Hall–Kier alpha value is -3.50. The number of aliphatic carboxylic acids is 1. The van der Waals surface area contributed by atoms with Gasteiger partial charge in [-0.25, -0.2) is 13.6 Å². The van der Waals surface area contributed by atoms with Crippen LogP contribution in [0.2, 0.25) is 0 Å². The molecule has 0 amide bonds. The summed E-state index contributed by atoms with van der Waals surface area (Å²) in [5.74, 6) is -6.49. The van der Waals surface area contributed by atoms with Gasteiger partial charge in [-0.3, -0.25) is 10.2 Å². The van der Waals surface area contributed by atoms with Gasteiger partial charge >= 0.3 is 12.3 Å². The lowest BCUT2D eigenvalue weighted by atomic mass is 10.1. The Morgan fingerprint density at radius 3 is 2.04 bits per heavy atom. The van der Waals surface area contributed by atoms with Crippen molar-refractivity contribution in [1.82, 2.24) is 0 Å². The van der Waals surface area contributed by atoms with E-state index in [0.29, 0.717) is 0 Å². The largest absolute Gasteiger partial charge is 0.573 e. The number of carbonyl (C=O) groups is 2. The Labute approximate surface area is 147 Å². The summed E-state index contributed by atoms with van der Waals surface area (Å²) in [6.07, 6.45) is -4.89. The molecule has 0 atom stereocenters. The van der Waals surface area contributed by atoms with E-state index in [1.807, 2.05) is 0 Å². The number of carboxylic acid groups (broad SMARTS) is 1. The molecule has 0 bridgehead atoms. The van der Waals surface area contributed by atoms with Crippen LogP contribution in [0.15, 0.2) is 47.6 Å². The second-order valence-corrected chi connectivity index (χ2v) is 4.88. The van der Waals surface area contributed by atoms with Crippen molar-refractivity contribution in [3.8, 4) is 5.75 Å². The number of hydrogen-bond acceptors (Lipinski definition) is 5. The molecule has 2 aromatic rings. The van der Waals surface area contributed by atoms with Gasteiger partial charge in [0.15, 0.2) is 0 Å². The van der Waals surface area contributed by atoms with Gasteiger partial charge < -0.3 is 9.84 Å². The van der Waals surface area contributed by atoms with Crippen molar-refractivity contribution in [2.75, 3.05) is 5.43 Å². The molecule has 0 aliphatic heterocycles. The zero-order valence-electron chi connectivity index (χ0n) is 13.1. The van der Waals surface area contributed by atoms with E-state index in [0.717, 1.165) is 42.5 Å². The molecule has 6 nitrogen and oxygen atoms in total. The Morgan fingerprint density at radius 1 is 1.00 bits per heavy atom. The highest BCUT2D eigenvalue weighted by atomic mass is 19.4. The highest BCUT2D eigenvalue weighted by Gasteiger charge is 2.31. The summed E-state index contributed by atoms with van der Waals surface area (Å²) in [4.78, 5) is 23.3. The summed E-state index contributed by atoms with van der Waals surface area (Å²) in [6.45, 7) is 0. The van der Waals surface area contributed by atoms with Gasteiger partial charge in [0.25, 0.3) is 0 Å². The molecule has 0 saturated carbocycles. The molecule has 0 aromatic heterocycles. The van der Waals surface area contributed by atoms with E-state index in [4.69, 9.17) is 5.11 Å². The zero-order chi connectivity index (χ0) is 20.2. The van der Waals surface area contributed by atoms with Crippen molar-refractivity contribution in [2.45, 2.75) is 6.36 Å². The van der Waals surface area contributed by atoms with E-state index in [1.165, 1.54) is 0 Å². The minimum atomic E-state index is -4.89. The fraction of sp³-hybridized carbons (Fsp3) is 0.0625. The average Bonchev–Trinajstić information content (AvgIpc) is 2.54. The highest BCUT2D eigenvalue weighted by Crippen LogP contribution is 2.24. The second kappa shape index (κ2) is 7.81. The van der Waals surface area contributed by atoms with Crippen LogP contribution in [-0.2, 0) is 4.79 Å². The Kier molecular flexibility index (Phi) is 5.73. The quantitative estimate of drug-likeness (QED) is 0.260. The lowest BCUT2D eigenvalue weighted by Gasteiger charge is -2.09. The molecule has 0 saturated heterocycles. The van der Waals surface area contributed by atoms with Gasteiger partial charge in [0, 0.05) is 0 Å². The van der Waals surface area contributed by atoms with Crippen LogP contribution < -0.4 is 10.2 Å². The first-order chi connectivity index (χ1) is 12.6. The molecular formula is C16H9F5N2O4. The van der Waals surface area contributed by atoms with Crippen LogP contribution >= 0.6 is 0 Å². The predicted octanol–water partition coefficient (Wildman–Crippen LogP) is 3.60. The van der Waals surface area contributed by atoms with Gasteiger partial charge in [-0.05, 0) is 36.4 Å². The number of benzene rings is 2. The average molecular weight is 388 g/mol. The maximum Gasteiger partial charge on any atom is 0.573 e. The Morgan fingerprint density at radius 2 is 1.56 bits per heavy atom. The van der Waals surface area contributed by atoms with Crippen molar-refractivity contribution in [3.63, 3.8) is 0 Å². The van der Waals surface area contributed by atoms with Crippen LogP contribution in [0.25, 0.3) is 0 Å². The van der Waals surface area contributed by atoms with Crippen LogP contribution in [0.5, 0.6) is 5.75 Å². The van der Waals surface area contributed by atoms with Gasteiger partial charge in [0.05, 0.1) is 11.3 Å². The van der Waals surface area contributed by atoms with Crippen molar-refractivity contribution >= 4 is 23.2 Å². The summed E-state index contributed by atoms with van der Waals surface area (Å²) in [6, 6.07) is 6.44. The van der Waals surface area contributed by atoms with E-state index in [2.05, 4.69) is 15.3 Å². The van der Waals surface area contributed by atoms with Crippen LogP contribution in [-0.4, -0.2) is 28.9 Å². The molecule has 0 heterocycles. The van der Waals surface area contributed by atoms with E-state index in [9.17, 15) is 31.5 Å². The molecule has 0 aliphatic rings. The molecule has 11 heteroatoms. The third-order valence-corrected chi connectivity index (χ3v) is 2.99. The number of hydrogen-bond donors (Lipinski definition) is 2. The molecule has 142 valence electrons. The maximum absolute atomic E-state index is 13.6. The Bertz CT molecular complexity index is 874. The molecule has 27 heavy (non-hydrogen) atoms. The maximum atomic E-state index is 13.6. The van der Waals surface area contributed by atoms with E-state index < -0.39 is 46.8 Å². The summed E-state index contributed by atoms with van der Waals surface area (Å²) in [5.41, 5.74) is -0.229. The minimum Gasteiger partial charge on any atom is -0.476 e. The van der Waals surface area contributed by atoms with Crippen molar-refractivity contribution in [2.24, 2.45) is 5.10 Å². The number of Topliss-reactive ketones (excluding diaryl/α,β-unsaturated/α-hetero) is 1. The number of nitrogens with zero attached hydrogens (tertiary/aromatic N) is 1. The topological polar surface area (TPSA) is 88.0 Å². The van der Waals surface area contributed by atoms with Gasteiger partial charge in [0.2, 0.25) is 11.5 Å². The van der Waals surface area contributed by atoms with Crippen molar-refractivity contribution in [1.29, 1.82) is 0 Å². The summed E-state index contributed by atoms with van der Waals surface area (Å²) < 4.78 is 67.1. The molecule has 0 spiro atoms. The van der Waals surface area contributed by atoms with Gasteiger partial charge in [-0.1, -0.05) is 6.07 Å². The van der Waals surface area contributed by atoms with Gasteiger partial charge in [-0.15, -0.1) is 13.2 Å². The molecule has 0 fully saturated rings. The number of ketones is 1. The number of ether oxygens (including phenoxy) is 1.